The van der Waals surface area contributed by atoms with E-state index >= 15 is 0 Å². The zero-order valence-corrected chi connectivity index (χ0v) is 45.8. The lowest BCUT2D eigenvalue weighted by Gasteiger charge is -2.32. The number of aryl methyl sites for hydroxylation is 2. The van der Waals surface area contributed by atoms with Crippen LogP contribution in [0.15, 0.2) is 96.0 Å². The van der Waals surface area contributed by atoms with Crippen molar-refractivity contribution in [1.82, 2.24) is 41.2 Å². The fourth-order valence-corrected chi connectivity index (χ4v) is 9.30. The minimum absolute atomic E-state index is 0.0116. The maximum atomic E-state index is 15.0. The molecular weight excluding hydrogens is 997 g/mol. The average Bonchev–Trinajstić information content (AvgIpc) is 3.87. The van der Waals surface area contributed by atoms with Gasteiger partial charge in [-0.3, -0.25) is 33.1 Å². The van der Waals surface area contributed by atoms with Crippen molar-refractivity contribution in [3.8, 4) is 0 Å². The summed E-state index contributed by atoms with van der Waals surface area (Å²) in [7, 11) is -4.53. The molecule has 76 heavy (non-hydrogen) atoms. The van der Waals surface area contributed by atoms with Gasteiger partial charge < -0.3 is 35.5 Å². The highest BCUT2D eigenvalue weighted by Crippen LogP contribution is 2.24. The minimum Gasteiger partial charge on any atom is -0.428 e. The lowest BCUT2D eigenvalue weighted by atomic mass is 9.90. The molecule has 1 aromatic heterocycles. The Morgan fingerprint density at radius 3 is 1.92 bits per heavy atom. The monoisotopic (exact) mass is 1070 g/mol. The Morgan fingerprint density at radius 1 is 0.737 bits per heavy atom. The smallest absolute Gasteiger partial charge is 0.428 e. The molecule has 3 aromatic carbocycles. The van der Waals surface area contributed by atoms with Gasteiger partial charge in [-0.15, -0.1) is 5.10 Å². The Balaban J connectivity index is 1.41. The normalized spacial score (nSPS) is 15.8. The summed E-state index contributed by atoms with van der Waals surface area (Å²) in [5.41, 5.74) is 0.276. The largest absolute Gasteiger partial charge is 0.509 e. The number of ketones is 1. The van der Waals surface area contributed by atoms with E-state index in [-0.39, 0.29) is 66.6 Å². The van der Waals surface area contributed by atoms with E-state index in [0.717, 1.165) is 17.5 Å². The van der Waals surface area contributed by atoms with E-state index in [4.69, 9.17) is 18.4 Å². The summed E-state index contributed by atoms with van der Waals surface area (Å²) in [4.78, 5) is 87.3. The highest BCUT2D eigenvalue weighted by Gasteiger charge is 2.45. The van der Waals surface area contributed by atoms with Crippen molar-refractivity contribution in [2.75, 3.05) is 39.5 Å². The first-order valence-electron chi connectivity index (χ1n) is 26.0. The Morgan fingerprint density at radius 2 is 1.30 bits per heavy atom. The fourth-order valence-electron chi connectivity index (χ4n) is 8.32. The molecular formula is C55H76N8O12S. The highest BCUT2D eigenvalue weighted by atomic mass is 32.2. The number of amides is 4. The van der Waals surface area contributed by atoms with E-state index in [2.05, 4.69) is 31.6 Å². The third-order valence-corrected chi connectivity index (χ3v) is 14.1. The zero-order valence-electron chi connectivity index (χ0n) is 45.0. The number of nitrogens with one attached hydrogen (secondary N) is 4. The molecule has 1 aliphatic rings. The van der Waals surface area contributed by atoms with Crippen molar-refractivity contribution < 1.29 is 55.6 Å². The number of benzene rings is 3. The molecule has 4 N–H and O–H groups in total. The minimum atomic E-state index is -4.53. The number of carbonyl (C=O) groups is 6. The second-order valence-corrected chi connectivity index (χ2v) is 22.0. The van der Waals surface area contributed by atoms with Gasteiger partial charge in [-0.1, -0.05) is 118 Å². The molecule has 1 saturated heterocycles. The number of hydrogen-bond donors (Lipinski definition) is 4. The first kappa shape index (κ1) is 60.3. The van der Waals surface area contributed by atoms with Crippen molar-refractivity contribution in [2.24, 2.45) is 11.8 Å². The quantitative estimate of drug-likeness (QED) is 0.0404. The number of carbonyl (C=O) groups excluding carboxylic acids is 6. The molecule has 1 aliphatic heterocycles. The van der Waals surface area contributed by atoms with Crippen LogP contribution in [0.5, 0.6) is 0 Å². The third-order valence-electron chi connectivity index (χ3n) is 12.8. The van der Waals surface area contributed by atoms with Gasteiger partial charge in [-0.05, 0) is 88.0 Å². The van der Waals surface area contributed by atoms with E-state index in [1.54, 1.807) is 74.1 Å². The van der Waals surface area contributed by atoms with Crippen LogP contribution in [-0.4, -0.2) is 133 Å². The zero-order chi connectivity index (χ0) is 55.4. The summed E-state index contributed by atoms with van der Waals surface area (Å²) in [6.07, 6.45) is 1.77. The van der Waals surface area contributed by atoms with Crippen LogP contribution < -0.4 is 21.3 Å². The maximum absolute atomic E-state index is 15.0. The van der Waals surface area contributed by atoms with Crippen molar-refractivity contribution in [3.63, 3.8) is 0 Å². The van der Waals surface area contributed by atoms with E-state index in [1.807, 2.05) is 62.9 Å². The van der Waals surface area contributed by atoms with Crippen LogP contribution >= 0.6 is 0 Å². The SMILES string of the molecule is CCC(C)n1cc(COC(=O)OC(C)(COS(=O)(=O)c2ccc(C)cc2)C(=O)[C@H](CC(C)C)NC(=O)[C@H](Cc2ccccc2)NC(=O)[C@H](CC(C)C)NC(=O)[C@H](CCc2ccccc2)NC(=O)CN2CCOCC2)nn1. The van der Waals surface area contributed by atoms with Crippen molar-refractivity contribution in [3.05, 3.63) is 114 Å². The van der Waals surface area contributed by atoms with Crippen LogP contribution in [0.4, 0.5) is 4.79 Å². The van der Waals surface area contributed by atoms with Gasteiger partial charge in [0.15, 0.2) is 5.60 Å². The predicted molar refractivity (Wildman–Crippen MR) is 283 cm³/mol. The summed E-state index contributed by atoms with van der Waals surface area (Å²) in [5, 5.41) is 19.5. The molecule has 4 amide bonds. The molecule has 1 fully saturated rings. The summed E-state index contributed by atoms with van der Waals surface area (Å²) >= 11 is 0. The fraction of sp³-hybridized carbons (Fsp3) is 0.527. The van der Waals surface area contributed by atoms with Gasteiger partial charge in [0.25, 0.3) is 10.1 Å². The topological polar surface area (TPSA) is 256 Å². The van der Waals surface area contributed by atoms with Gasteiger partial charge in [-0.2, -0.15) is 8.42 Å². The number of rotatable bonds is 29. The van der Waals surface area contributed by atoms with Gasteiger partial charge in [-0.25, -0.2) is 9.48 Å². The average molecular weight is 1070 g/mol. The lowest BCUT2D eigenvalue weighted by Crippen LogP contribution is -2.60. The molecule has 21 heteroatoms. The molecule has 2 unspecified atom stereocenters. The first-order chi connectivity index (χ1) is 36.1. The van der Waals surface area contributed by atoms with Gasteiger partial charge in [0.05, 0.1) is 42.9 Å². The van der Waals surface area contributed by atoms with E-state index in [0.29, 0.717) is 38.3 Å². The van der Waals surface area contributed by atoms with Crippen LogP contribution in [0, 0.1) is 18.8 Å². The van der Waals surface area contributed by atoms with Gasteiger partial charge in [0.2, 0.25) is 29.4 Å². The molecule has 0 spiro atoms. The molecule has 414 valence electrons. The standard InChI is InChI=1S/C55H76N8O12S/c1-9-40(7)63-33-43(60-61-63)35-73-54(69)75-55(8,36-74-76(70,71)44-23-20-39(6)21-24-44)50(65)46(30-37(2)3)57-53(68)48(32-42-18-14-11-15-19-42)59-52(67)47(31-38(4)5)58-51(66)45(25-22-41-16-12-10-13-17-41)56-49(64)34-62-26-28-72-29-27-62/h10-21,23-24,33,37-38,40,45-48H,9,22,25-32,34-36H2,1-8H3,(H,56,64)(H,57,68)(H,58,66)(H,59,67)/t40?,45-,46-,47-,48-,55?/m0/s1. The number of hydrogen-bond acceptors (Lipinski definition) is 15. The van der Waals surface area contributed by atoms with Crippen LogP contribution in [0.25, 0.3) is 0 Å². The molecule has 0 aliphatic carbocycles. The molecule has 0 saturated carbocycles. The van der Waals surface area contributed by atoms with Crippen molar-refractivity contribution in [2.45, 2.75) is 141 Å². The van der Waals surface area contributed by atoms with E-state index in [9.17, 15) is 37.2 Å². The second kappa shape index (κ2) is 29.1. The van der Waals surface area contributed by atoms with E-state index < -0.39 is 82.8 Å². The Kier molecular flexibility index (Phi) is 23.1. The highest BCUT2D eigenvalue weighted by molar-refractivity contribution is 7.86. The molecule has 4 aromatic rings. The molecule has 2 heterocycles. The molecule has 6 atom stereocenters. The van der Waals surface area contributed by atoms with Crippen LogP contribution in [0.1, 0.15) is 103 Å². The Bertz CT molecular complexity index is 2630. The molecule has 5 rings (SSSR count). The van der Waals surface area contributed by atoms with Crippen molar-refractivity contribution >= 4 is 45.7 Å². The van der Waals surface area contributed by atoms with Gasteiger partial charge in [0.1, 0.15) is 37.0 Å². The molecule has 0 bridgehead atoms. The molecule has 20 nitrogen and oxygen atoms in total. The maximum Gasteiger partial charge on any atom is 0.509 e. The van der Waals surface area contributed by atoms with Crippen LogP contribution in [0.3, 0.4) is 0 Å². The number of nitrogens with zero attached hydrogens (tertiary/aromatic N) is 4. The number of Topliss-reactive ketones (excluding diaryl/α,β-unsaturated/α-hetero) is 1. The number of morpholine rings is 1. The summed E-state index contributed by atoms with van der Waals surface area (Å²) in [6.45, 7) is 15.0. The Labute approximate surface area is 446 Å². The third kappa shape index (κ3) is 19.2. The second-order valence-electron chi connectivity index (χ2n) is 20.4. The summed E-state index contributed by atoms with van der Waals surface area (Å²) in [6, 6.07) is 19.2. The predicted octanol–water partition coefficient (Wildman–Crippen LogP) is 5.18. The number of aromatic nitrogens is 3. The lowest BCUT2D eigenvalue weighted by molar-refractivity contribution is -0.146. The first-order valence-corrected chi connectivity index (χ1v) is 27.4. The Hall–Kier alpha value is -6.55. The molecule has 0 radical (unpaired) electrons. The summed E-state index contributed by atoms with van der Waals surface area (Å²) < 4.78 is 50.6. The van der Waals surface area contributed by atoms with Crippen LogP contribution in [0.2, 0.25) is 0 Å². The van der Waals surface area contributed by atoms with Gasteiger partial charge in [0, 0.05) is 19.5 Å². The number of ether oxygens (including phenoxy) is 3. The summed E-state index contributed by atoms with van der Waals surface area (Å²) in [5.74, 6) is -3.76. The van der Waals surface area contributed by atoms with Gasteiger partial charge >= 0.3 is 6.16 Å². The van der Waals surface area contributed by atoms with E-state index in [1.165, 1.54) is 19.1 Å². The van der Waals surface area contributed by atoms with Crippen LogP contribution in [-0.2, 0) is 71.9 Å². The van der Waals surface area contributed by atoms with Crippen molar-refractivity contribution in [1.29, 1.82) is 0 Å².